The third kappa shape index (κ3) is 3.92. The van der Waals surface area contributed by atoms with Gasteiger partial charge in [-0.25, -0.2) is 0 Å². The number of aliphatic hydroxyl groups is 1. The number of aromatic nitrogens is 3. The molecule has 36 heavy (non-hydrogen) atoms. The number of carbonyl (C=O) groups excluding carboxylic acids is 2. The van der Waals surface area contributed by atoms with Gasteiger partial charge in [0.05, 0.1) is 11.8 Å². The molecule has 1 N–H and O–H groups in total. The minimum atomic E-state index is -0.493. The van der Waals surface area contributed by atoms with Crippen molar-refractivity contribution >= 4 is 11.6 Å². The molecule has 0 spiro atoms. The summed E-state index contributed by atoms with van der Waals surface area (Å²) >= 11 is 0. The van der Waals surface area contributed by atoms with Crippen LogP contribution in [0.15, 0.2) is 6.20 Å². The van der Waals surface area contributed by atoms with Gasteiger partial charge in [0.2, 0.25) is 0 Å². The summed E-state index contributed by atoms with van der Waals surface area (Å²) < 4.78 is 0. The first-order chi connectivity index (χ1) is 17.1. The first-order valence-corrected chi connectivity index (χ1v) is 14.8. The van der Waals surface area contributed by atoms with E-state index in [1.807, 2.05) is 6.92 Å². The molecule has 0 radical (unpaired) electrons. The molecule has 5 aliphatic carbocycles. The number of fused-ring (bicyclic) bond motifs is 5. The summed E-state index contributed by atoms with van der Waals surface area (Å²) in [5.41, 5.74) is 0.349. The van der Waals surface area contributed by atoms with Crippen LogP contribution in [0.3, 0.4) is 0 Å². The summed E-state index contributed by atoms with van der Waals surface area (Å²) in [7, 11) is 0. The van der Waals surface area contributed by atoms with Crippen molar-refractivity contribution in [2.75, 3.05) is 0 Å². The Kier molecular flexibility index (Phi) is 6.01. The maximum absolute atomic E-state index is 13.6. The second-order valence-corrected chi connectivity index (χ2v) is 14.1. The van der Waals surface area contributed by atoms with Crippen LogP contribution in [-0.2, 0) is 11.3 Å². The van der Waals surface area contributed by atoms with E-state index >= 15 is 0 Å². The molecule has 1 aromatic rings. The van der Waals surface area contributed by atoms with Crippen LogP contribution in [0.4, 0.5) is 0 Å². The van der Waals surface area contributed by atoms with Gasteiger partial charge in [0.1, 0.15) is 12.2 Å². The molecule has 8 atom stereocenters. The van der Waals surface area contributed by atoms with Crippen LogP contribution >= 0.6 is 0 Å². The molecular formula is C30H45N3O3. The molecule has 5 fully saturated rings. The molecule has 0 aromatic carbocycles. The lowest BCUT2D eigenvalue weighted by atomic mass is 9.44. The minimum absolute atomic E-state index is 0.0667. The van der Waals surface area contributed by atoms with E-state index in [4.69, 9.17) is 0 Å². The van der Waals surface area contributed by atoms with Crippen molar-refractivity contribution in [3.8, 4) is 0 Å². The van der Waals surface area contributed by atoms with Gasteiger partial charge in [0, 0.05) is 11.8 Å². The fourth-order valence-corrected chi connectivity index (χ4v) is 10.1. The number of nitrogens with zero attached hydrogens (tertiary/aromatic N) is 3. The maximum Gasteiger partial charge on any atom is 0.187 e. The van der Waals surface area contributed by atoms with E-state index < -0.39 is 5.60 Å². The van der Waals surface area contributed by atoms with Gasteiger partial charge in [0.15, 0.2) is 11.6 Å². The van der Waals surface area contributed by atoms with E-state index in [0.717, 1.165) is 70.1 Å². The van der Waals surface area contributed by atoms with Crippen molar-refractivity contribution in [3.05, 3.63) is 11.9 Å². The number of Topliss-reactive ketones (excluding diaryl/α,β-unsaturated/α-hetero) is 2. The van der Waals surface area contributed by atoms with Gasteiger partial charge < -0.3 is 5.11 Å². The van der Waals surface area contributed by atoms with E-state index in [9.17, 15) is 14.7 Å². The quantitative estimate of drug-likeness (QED) is 0.535. The number of rotatable bonds is 5. The Morgan fingerprint density at radius 3 is 2.47 bits per heavy atom. The normalized spacial score (nSPS) is 44.6. The number of hydrogen-bond acceptors (Lipinski definition) is 5. The Labute approximate surface area is 216 Å². The molecule has 6 nitrogen and oxygen atoms in total. The summed E-state index contributed by atoms with van der Waals surface area (Å²) in [5.74, 6) is 3.21. The smallest absolute Gasteiger partial charge is 0.187 e. The van der Waals surface area contributed by atoms with Gasteiger partial charge in [-0.05, 0) is 112 Å². The van der Waals surface area contributed by atoms with Gasteiger partial charge in [-0.3, -0.25) is 9.59 Å². The third-order valence-electron chi connectivity index (χ3n) is 12.2. The summed E-state index contributed by atoms with van der Waals surface area (Å²) in [6.45, 7) is 7.15. The Morgan fingerprint density at radius 1 is 0.944 bits per heavy atom. The standard InChI is InChI=1S/C30H45N3O3/c1-28(36)14-15-29(2)20(16-28)8-9-21-22-10-11-24(30(22,3)13-12-23(21)29)26(34)18-33-31-17-25(32-33)27(35)19-6-4-5-7-19/h17,19-24,36H,4-16,18H2,1-3H3/t20-,21+,22+,23+,24-,28-,29+,30+/m1/s1. The van der Waals surface area contributed by atoms with Crippen LogP contribution < -0.4 is 0 Å². The molecular weight excluding hydrogens is 450 g/mol. The van der Waals surface area contributed by atoms with Gasteiger partial charge in [-0.1, -0.05) is 26.7 Å². The molecule has 1 heterocycles. The lowest BCUT2D eigenvalue weighted by Crippen LogP contribution is -2.55. The van der Waals surface area contributed by atoms with Crippen LogP contribution in [0.5, 0.6) is 0 Å². The zero-order valence-electron chi connectivity index (χ0n) is 22.5. The van der Waals surface area contributed by atoms with Crippen molar-refractivity contribution in [1.82, 2.24) is 15.0 Å². The average molecular weight is 496 g/mol. The van der Waals surface area contributed by atoms with E-state index in [2.05, 4.69) is 24.0 Å². The highest BCUT2D eigenvalue weighted by atomic mass is 16.3. The number of hydrogen-bond donors (Lipinski definition) is 1. The van der Waals surface area contributed by atoms with Crippen LogP contribution in [0, 0.1) is 46.3 Å². The highest BCUT2D eigenvalue weighted by molar-refractivity contribution is 5.95. The molecule has 0 unspecified atom stereocenters. The topological polar surface area (TPSA) is 85.1 Å². The van der Waals surface area contributed by atoms with E-state index in [0.29, 0.717) is 28.9 Å². The summed E-state index contributed by atoms with van der Waals surface area (Å²) in [5, 5.41) is 19.5. The van der Waals surface area contributed by atoms with Gasteiger partial charge in [-0.15, -0.1) is 5.10 Å². The molecule has 0 saturated heterocycles. The zero-order chi connectivity index (χ0) is 25.3. The van der Waals surface area contributed by atoms with Crippen LogP contribution in [0.2, 0.25) is 0 Å². The van der Waals surface area contributed by atoms with Crippen LogP contribution in [0.25, 0.3) is 0 Å². The highest BCUT2D eigenvalue weighted by Crippen LogP contribution is 2.68. The molecule has 5 aliphatic rings. The van der Waals surface area contributed by atoms with Gasteiger partial charge in [0.25, 0.3) is 0 Å². The minimum Gasteiger partial charge on any atom is -0.390 e. The lowest BCUT2D eigenvalue weighted by Gasteiger charge is -2.61. The summed E-state index contributed by atoms with van der Waals surface area (Å²) in [4.78, 5) is 27.8. The van der Waals surface area contributed by atoms with Crippen molar-refractivity contribution < 1.29 is 14.7 Å². The van der Waals surface area contributed by atoms with Crippen LogP contribution in [-0.4, -0.2) is 37.3 Å². The molecule has 6 rings (SSSR count). The molecule has 6 heteroatoms. The van der Waals surface area contributed by atoms with Crippen molar-refractivity contribution in [2.45, 2.75) is 116 Å². The molecule has 0 aliphatic heterocycles. The lowest BCUT2D eigenvalue weighted by molar-refractivity contribution is -0.151. The second kappa shape index (κ2) is 8.74. The Balaban J connectivity index is 1.14. The predicted molar refractivity (Wildman–Crippen MR) is 137 cm³/mol. The van der Waals surface area contributed by atoms with E-state index in [1.54, 1.807) is 6.20 Å². The largest absolute Gasteiger partial charge is 0.390 e. The monoisotopic (exact) mass is 495 g/mol. The summed E-state index contributed by atoms with van der Waals surface area (Å²) in [6, 6.07) is 0. The molecule has 198 valence electrons. The van der Waals surface area contributed by atoms with Gasteiger partial charge in [-0.2, -0.15) is 9.90 Å². The SMILES string of the molecule is C[C@@]1(O)CC[C@@]2(C)[C@H](CC[C@@H]3[C@@H]2CC[C@]2(C)[C@@H](C(=O)Cn4ncc(C(=O)C5CCCC5)n4)CC[C@@H]32)C1. The van der Waals surface area contributed by atoms with Crippen molar-refractivity contribution in [1.29, 1.82) is 0 Å². The number of ketones is 2. The first-order valence-electron chi connectivity index (χ1n) is 14.8. The first kappa shape index (κ1) is 24.8. The van der Waals surface area contributed by atoms with E-state index in [-0.39, 0.29) is 35.4 Å². The average Bonchev–Trinajstić information content (AvgIpc) is 3.58. The Bertz CT molecular complexity index is 1030. The Morgan fingerprint density at radius 2 is 1.69 bits per heavy atom. The molecule has 5 saturated carbocycles. The van der Waals surface area contributed by atoms with Crippen molar-refractivity contribution in [3.63, 3.8) is 0 Å². The summed E-state index contributed by atoms with van der Waals surface area (Å²) in [6.07, 6.45) is 15.7. The fraction of sp³-hybridized carbons (Fsp3) is 0.867. The third-order valence-corrected chi connectivity index (χ3v) is 12.2. The Hall–Kier alpha value is -1.56. The van der Waals surface area contributed by atoms with E-state index in [1.165, 1.54) is 24.1 Å². The maximum atomic E-state index is 13.6. The van der Waals surface area contributed by atoms with Crippen LogP contribution in [0.1, 0.15) is 115 Å². The van der Waals surface area contributed by atoms with Gasteiger partial charge >= 0.3 is 0 Å². The predicted octanol–water partition coefficient (Wildman–Crippen LogP) is 5.63. The molecule has 0 bridgehead atoms. The second-order valence-electron chi connectivity index (χ2n) is 14.1. The zero-order valence-corrected chi connectivity index (χ0v) is 22.5. The molecule has 1 aromatic heterocycles. The fourth-order valence-electron chi connectivity index (χ4n) is 10.1. The van der Waals surface area contributed by atoms with Crippen molar-refractivity contribution in [2.24, 2.45) is 46.3 Å². The number of carbonyl (C=O) groups is 2. The molecule has 0 amide bonds. The highest BCUT2D eigenvalue weighted by Gasteiger charge is 2.61.